The van der Waals surface area contributed by atoms with Crippen molar-refractivity contribution in [3.05, 3.63) is 23.2 Å². The fraction of sp³-hybridized carbons (Fsp3) is 0.500. The molecule has 0 N–H and O–H groups in total. The first-order valence-corrected chi connectivity index (χ1v) is 4.14. The largest absolute Gasteiger partial charge is 0.466 e. The number of rotatable bonds is 2. The van der Waals surface area contributed by atoms with Crippen LogP contribution < -0.4 is 0 Å². The normalized spacial score (nSPS) is 11.1. The Morgan fingerprint density at radius 2 is 2.08 bits per heavy atom. The molecular weight excluding hydrogens is 166 g/mol. The van der Waals surface area contributed by atoms with Crippen molar-refractivity contribution in [2.45, 2.75) is 33.2 Å². The minimum Gasteiger partial charge on any atom is -0.466 e. The van der Waals surface area contributed by atoms with Gasteiger partial charge in [-0.2, -0.15) is 4.99 Å². The molecule has 0 fully saturated rings. The number of furan rings is 1. The highest BCUT2D eigenvalue weighted by atomic mass is 16.3. The third-order valence-electron chi connectivity index (χ3n) is 2.03. The van der Waals surface area contributed by atoms with Gasteiger partial charge < -0.3 is 4.42 Å². The molecule has 0 aliphatic carbocycles. The summed E-state index contributed by atoms with van der Waals surface area (Å²) in [4.78, 5) is 13.9. The van der Waals surface area contributed by atoms with Crippen LogP contribution in [0.1, 0.15) is 30.9 Å². The van der Waals surface area contributed by atoms with E-state index in [-0.39, 0.29) is 0 Å². The fourth-order valence-corrected chi connectivity index (χ4v) is 1.41. The average Bonchev–Trinajstić information content (AvgIpc) is 2.30. The lowest BCUT2D eigenvalue weighted by Gasteiger charge is -2.15. The van der Waals surface area contributed by atoms with Crippen molar-refractivity contribution in [1.29, 1.82) is 0 Å². The summed E-state index contributed by atoms with van der Waals surface area (Å²) < 4.78 is 5.36. The number of carbonyl (C=O) groups excluding carboxylic acids is 1. The summed E-state index contributed by atoms with van der Waals surface area (Å²) in [6, 6.07) is 1.90. The molecule has 0 atom stereocenters. The molecule has 3 heteroatoms. The molecule has 0 aliphatic heterocycles. The molecule has 1 heterocycles. The van der Waals surface area contributed by atoms with Gasteiger partial charge in [0.05, 0.1) is 5.54 Å². The highest BCUT2D eigenvalue weighted by molar-refractivity contribution is 5.38. The van der Waals surface area contributed by atoms with Gasteiger partial charge in [0, 0.05) is 5.56 Å². The smallest absolute Gasteiger partial charge is 0.235 e. The maximum Gasteiger partial charge on any atom is 0.235 e. The molecule has 0 saturated heterocycles. The first-order chi connectivity index (χ1) is 5.97. The van der Waals surface area contributed by atoms with Gasteiger partial charge in [0.15, 0.2) is 0 Å². The quantitative estimate of drug-likeness (QED) is 0.517. The van der Waals surface area contributed by atoms with E-state index < -0.39 is 5.54 Å². The highest BCUT2D eigenvalue weighted by Gasteiger charge is 2.24. The summed E-state index contributed by atoms with van der Waals surface area (Å²) in [6.45, 7) is 7.45. The van der Waals surface area contributed by atoms with Crippen molar-refractivity contribution >= 4 is 6.08 Å². The van der Waals surface area contributed by atoms with E-state index in [1.807, 2.05) is 33.8 Å². The van der Waals surface area contributed by atoms with Crippen LogP contribution in [0.4, 0.5) is 0 Å². The van der Waals surface area contributed by atoms with Gasteiger partial charge in [-0.05, 0) is 33.8 Å². The molecule has 0 unspecified atom stereocenters. The van der Waals surface area contributed by atoms with E-state index in [9.17, 15) is 4.79 Å². The zero-order valence-electron chi connectivity index (χ0n) is 8.34. The predicted molar refractivity (Wildman–Crippen MR) is 49.3 cm³/mol. The maximum atomic E-state index is 10.2. The van der Waals surface area contributed by atoms with Crippen LogP contribution in [-0.2, 0) is 10.3 Å². The van der Waals surface area contributed by atoms with Crippen LogP contribution in [-0.4, -0.2) is 6.08 Å². The van der Waals surface area contributed by atoms with E-state index in [0.717, 1.165) is 17.1 Å². The summed E-state index contributed by atoms with van der Waals surface area (Å²) in [7, 11) is 0. The van der Waals surface area contributed by atoms with Crippen molar-refractivity contribution in [3.63, 3.8) is 0 Å². The SMILES string of the molecule is Cc1cc(C(C)(C)N=C=O)c(C)o1. The molecule has 0 saturated carbocycles. The molecule has 0 radical (unpaired) electrons. The lowest BCUT2D eigenvalue weighted by Crippen LogP contribution is -2.13. The van der Waals surface area contributed by atoms with Gasteiger partial charge in [-0.25, -0.2) is 4.79 Å². The van der Waals surface area contributed by atoms with Crippen LogP contribution in [0.5, 0.6) is 0 Å². The molecule has 3 nitrogen and oxygen atoms in total. The molecule has 0 spiro atoms. The molecular formula is C10H13NO2. The molecule has 70 valence electrons. The molecule has 1 rings (SSSR count). The average molecular weight is 179 g/mol. The Balaban J connectivity index is 3.20. The first kappa shape index (κ1) is 9.75. The van der Waals surface area contributed by atoms with Gasteiger partial charge >= 0.3 is 0 Å². The van der Waals surface area contributed by atoms with Gasteiger partial charge in [-0.15, -0.1) is 0 Å². The molecule has 0 aromatic carbocycles. The van der Waals surface area contributed by atoms with Crippen LogP contribution in [0.15, 0.2) is 15.5 Å². The Labute approximate surface area is 77.5 Å². The Morgan fingerprint density at radius 3 is 2.46 bits per heavy atom. The first-order valence-electron chi connectivity index (χ1n) is 4.14. The molecule has 1 aromatic heterocycles. The van der Waals surface area contributed by atoms with Gasteiger partial charge in [0.1, 0.15) is 11.5 Å². The third kappa shape index (κ3) is 1.87. The Kier molecular flexibility index (Phi) is 2.39. The lowest BCUT2D eigenvalue weighted by atomic mass is 9.95. The minimum atomic E-state index is -0.538. The van der Waals surface area contributed by atoms with E-state index in [2.05, 4.69) is 4.99 Å². The number of nitrogens with zero attached hydrogens (tertiary/aromatic N) is 1. The van der Waals surface area contributed by atoms with E-state index in [1.54, 1.807) is 6.08 Å². The summed E-state index contributed by atoms with van der Waals surface area (Å²) in [5.74, 6) is 1.64. The molecule has 13 heavy (non-hydrogen) atoms. The standard InChI is InChI=1S/C10H13NO2/c1-7-5-9(8(2)13-7)10(3,4)11-6-12/h5H,1-4H3. The summed E-state index contributed by atoms with van der Waals surface area (Å²) in [5.41, 5.74) is 0.400. The van der Waals surface area contributed by atoms with Crippen molar-refractivity contribution in [3.8, 4) is 0 Å². The topological polar surface area (TPSA) is 42.6 Å². The summed E-state index contributed by atoms with van der Waals surface area (Å²) in [5, 5.41) is 0. The zero-order chi connectivity index (χ0) is 10.1. The van der Waals surface area contributed by atoms with Gasteiger partial charge in [0.25, 0.3) is 0 Å². The van der Waals surface area contributed by atoms with Crippen molar-refractivity contribution in [1.82, 2.24) is 0 Å². The van der Waals surface area contributed by atoms with E-state index in [1.165, 1.54) is 0 Å². The van der Waals surface area contributed by atoms with Crippen molar-refractivity contribution in [2.75, 3.05) is 0 Å². The Hall–Kier alpha value is -1.34. The second-order valence-corrected chi connectivity index (χ2v) is 3.59. The van der Waals surface area contributed by atoms with E-state index in [0.29, 0.717) is 0 Å². The second-order valence-electron chi connectivity index (χ2n) is 3.59. The molecule has 0 amide bonds. The van der Waals surface area contributed by atoms with Crippen molar-refractivity contribution in [2.24, 2.45) is 4.99 Å². The van der Waals surface area contributed by atoms with E-state index in [4.69, 9.17) is 4.42 Å². The number of hydrogen-bond donors (Lipinski definition) is 0. The Morgan fingerprint density at radius 1 is 1.46 bits per heavy atom. The number of aryl methyl sites for hydroxylation is 2. The number of aliphatic imine (C=N–C) groups is 1. The van der Waals surface area contributed by atoms with Crippen LogP contribution in [0.25, 0.3) is 0 Å². The monoisotopic (exact) mass is 179 g/mol. The Bertz CT molecular complexity index is 357. The fourth-order valence-electron chi connectivity index (χ4n) is 1.41. The van der Waals surface area contributed by atoms with E-state index >= 15 is 0 Å². The molecule has 0 aliphatic rings. The minimum absolute atomic E-state index is 0.538. The zero-order valence-corrected chi connectivity index (χ0v) is 8.34. The van der Waals surface area contributed by atoms with Crippen LogP contribution in [0, 0.1) is 13.8 Å². The van der Waals surface area contributed by atoms with Crippen LogP contribution in [0.3, 0.4) is 0 Å². The number of isocyanates is 1. The third-order valence-corrected chi connectivity index (χ3v) is 2.03. The number of hydrogen-bond acceptors (Lipinski definition) is 3. The van der Waals surface area contributed by atoms with Gasteiger partial charge in [-0.1, -0.05) is 0 Å². The van der Waals surface area contributed by atoms with Crippen LogP contribution >= 0.6 is 0 Å². The summed E-state index contributed by atoms with van der Waals surface area (Å²) in [6.07, 6.45) is 1.58. The van der Waals surface area contributed by atoms with Gasteiger partial charge in [0.2, 0.25) is 6.08 Å². The molecule has 0 bridgehead atoms. The van der Waals surface area contributed by atoms with Gasteiger partial charge in [-0.3, -0.25) is 0 Å². The van der Waals surface area contributed by atoms with Crippen molar-refractivity contribution < 1.29 is 9.21 Å². The summed E-state index contributed by atoms with van der Waals surface area (Å²) >= 11 is 0. The maximum absolute atomic E-state index is 10.2. The highest BCUT2D eigenvalue weighted by Crippen LogP contribution is 2.29. The molecule has 1 aromatic rings. The lowest BCUT2D eigenvalue weighted by molar-refractivity contribution is 0.477. The predicted octanol–water partition coefficient (Wildman–Crippen LogP) is 2.47. The second kappa shape index (κ2) is 3.19. The van der Waals surface area contributed by atoms with Crippen LogP contribution in [0.2, 0.25) is 0 Å².